The Morgan fingerprint density at radius 2 is 1.81 bits per heavy atom. The maximum Gasteiger partial charge on any atom is 0.307 e. The van der Waals surface area contributed by atoms with Gasteiger partial charge in [0.2, 0.25) is 0 Å². The normalized spacial score (nSPS) is 45.5. The first kappa shape index (κ1) is 21.9. The van der Waals surface area contributed by atoms with E-state index in [2.05, 4.69) is 18.7 Å². The Hall–Kier alpha value is -0.940. The van der Waals surface area contributed by atoms with Gasteiger partial charge >= 0.3 is 5.97 Å². The zero-order valence-corrected chi connectivity index (χ0v) is 19.6. The molecule has 1 saturated heterocycles. The summed E-state index contributed by atoms with van der Waals surface area (Å²) in [5.41, 5.74) is 0.495. The van der Waals surface area contributed by atoms with E-state index in [9.17, 15) is 9.59 Å². The summed E-state index contributed by atoms with van der Waals surface area (Å²) < 4.78 is 11.6. The third-order valence-corrected chi connectivity index (χ3v) is 10.4. The molecule has 0 spiro atoms. The number of hydrogen-bond acceptors (Lipinski definition) is 5. The number of rotatable bonds is 4. The van der Waals surface area contributed by atoms with Crippen LogP contribution in [0.15, 0.2) is 0 Å². The fourth-order valence-electron chi connectivity index (χ4n) is 8.48. The van der Waals surface area contributed by atoms with Crippen LogP contribution in [-0.4, -0.2) is 55.6 Å². The number of carbonyl (C=O) groups is 2. The molecular weight excluding hydrogens is 390 g/mol. The molecular formula is C26H41NO4. The second-order valence-corrected chi connectivity index (χ2v) is 11.7. The first-order valence-corrected chi connectivity index (χ1v) is 12.9. The summed E-state index contributed by atoms with van der Waals surface area (Å²) in [5.74, 6) is 3.28. The van der Waals surface area contributed by atoms with Crippen LogP contribution in [0.1, 0.15) is 78.1 Å². The van der Waals surface area contributed by atoms with Crippen LogP contribution >= 0.6 is 0 Å². The third kappa shape index (κ3) is 3.88. The highest BCUT2D eigenvalue weighted by molar-refractivity contribution is 5.79. The number of Topliss-reactive ketones (excluding diaryl/α,β-unsaturated/α-hetero) is 1. The lowest BCUT2D eigenvalue weighted by Crippen LogP contribution is -2.54. The van der Waals surface area contributed by atoms with Crippen molar-refractivity contribution in [2.75, 3.05) is 32.8 Å². The zero-order valence-electron chi connectivity index (χ0n) is 19.6. The topological polar surface area (TPSA) is 55.8 Å². The van der Waals surface area contributed by atoms with Crippen LogP contribution in [0.2, 0.25) is 0 Å². The van der Waals surface area contributed by atoms with Crippen LogP contribution in [0.25, 0.3) is 0 Å². The minimum absolute atomic E-state index is 0.0121. The minimum Gasteiger partial charge on any atom is -0.462 e. The Morgan fingerprint density at radius 1 is 1.03 bits per heavy atom. The first-order chi connectivity index (χ1) is 14.9. The van der Waals surface area contributed by atoms with Crippen molar-refractivity contribution in [3.8, 4) is 0 Å². The highest BCUT2D eigenvalue weighted by Crippen LogP contribution is 2.66. The van der Waals surface area contributed by atoms with Crippen LogP contribution in [0.3, 0.4) is 0 Å². The van der Waals surface area contributed by atoms with Crippen LogP contribution in [0, 0.1) is 34.5 Å². The smallest absolute Gasteiger partial charge is 0.307 e. The van der Waals surface area contributed by atoms with Crippen molar-refractivity contribution in [3.63, 3.8) is 0 Å². The summed E-state index contributed by atoms with van der Waals surface area (Å²) in [6, 6.07) is 0. The van der Waals surface area contributed by atoms with Crippen molar-refractivity contribution in [2.24, 2.45) is 34.5 Å². The van der Waals surface area contributed by atoms with Gasteiger partial charge in [-0.1, -0.05) is 13.8 Å². The van der Waals surface area contributed by atoms with E-state index >= 15 is 0 Å². The van der Waals surface area contributed by atoms with Gasteiger partial charge in [0.25, 0.3) is 0 Å². The van der Waals surface area contributed by atoms with E-state index in [1.807, 2.05) is 0 Å². The molecule has 7 atom stereocenters. The van der Waals surface area contributed by atoms with E-state index < -0.39 is 0 Å². The second-order valence-electron chi connectivity index (χ2n) is 11.7. The quantitative estimate of drug-likeness (QED) is 0.624. The molecule has 0 amide bonds. The number of fused-ring (bicyclic) bond motifs is 5. The fourth-order valence-corrected chi connectivity index (χ4v) is 8.48. The molecule has 1 heterocycles. The van der Waals surface area contributed by atoms with E-state index in [0.29, 0.717) is 29.5 Å². The van der Waals surface area contributed by atoms with Gasteiger partial charge in [0.15, 0.2) is 0 Å². The molecule has 5 nitrogen and oxygen atoms in total. The second kappa shape index (κ2) is 8.44. The predicted molar refractivity (Wildman–Crippen MR) is 118 cm³/mol. The molecule has 0 aromatic heterocycles. The molecule has 0 unspecified atom stereocenters. The van der Waals surface area contributed by atoms with Gasteiger partial charge < -0.3 is 9.47 Å². The molecule has 0 aromatic carbocycles. The molecule has 1 aliphatic heterocycles. The molecule has 31 heavy (non-hydrogen) atoms. The van der Waals surface area contributed by atoms with E-state index in [-0.39, 0.29) is 17.5 Å². The average Bonchev–Trinajstić information content (AvgIpc) is 3.10. The number of nitrogens with zero attached hydrogens (tertiary/aromatic N) is 1. The number of hydrogen-bond donors (Lipinski definition) is 0. The fraction of sp³-hybridized carbons (Fsp3) is 0.923. The van der Waals surface area contributed by atoms with Crippen molar-refractivity contribution >= 4 is 11.8 Å². The largest absolute Gasteiger partial charge is 0.462 e. The Kier molecular flexibility index (Phi) is 5.96. The number of morpholine rings is 1. The lowest BCUT2D eigenvalue weighted by atomic mass is 9.45. The zero-order chi connectivity index (χ0) is 21.6. The van der Waals surface area contributed by atoms with Crippen LogP contribution < -0.4 is 0 Å². The molecule has 5 fully saturated rings. The van der Waals surface area contributed by atoms with Crippen LogP contribution in [0.5, 0.6) is 0 Å². The highest BCUT2D eigenvalue weighted by Gasteiger charge is 2.61. The van der Waals surface area contributed by atoms with Gasteiger partial charge in [-0.3, -0.25) is 14.5 Å². The molecule has 4 aliphatic carbocycles. The van der Waals surface area contributed by atoms with Gasteiger partial charge in [0.1, 0.15) is 11.9 Å². The van der Waals surface area contributed by atoms with E-state index in [0.717, 1.165) is 70.4 Å². The van der Waals surface area contributed by atoms with Gasteiger partial charge in [0.05, 0.1) is 19.6 Å². The summed E-state index contributed by atoms with van der Waals surface area (Å²) in [6.45, 7) is 9.09. The van der Waals surface area contributed by atoms with Crippen molar-refractivity contribution in [2.45, 2.75) is 84.2 Å². The van der Waals surface area contributed by atoms with Crippen molar-refractivity contribution < 1.29 is 19.1 Å². The van der Waals surface area contributed by atoms with Gasteiger partial charge in [-0.25, -0.2) is 0 Å². The Labute approximate surface area is 187 Å². The Morgan fingerprint density at radius 3 is 2.61 bits per heavy atom. The number of ketones is 1. The molecule has 0 N–H and O–H groups in total. The molecule has 4 saturated carbocycles. The molecule has 5 rings (SSSR count). The molecule has 174 valence electrons. The highest BCUT2D eigenvalue weighted by atomic mass is 16.5. The molecule has 0 bridgehead atoms. The van der Waals surface area contributed by atoms with Crippen molar-refractivity contribution in [1.29, 1.82) is 0 Å². The Balaban J connectivity index is 1.22. The molecule has 5 heteroatoms. The first-order valence-electron chi connectivity index (χ1n) is 12.9. The standard InChI is InChI=1S/C26H41NO4/c1-25-10-7-19(28)17-18(25)3-4-20-21-5-6-23(26(21,2)11-8-22(20)25)31-24(29)9-12-27-13-15-30-16-14-27/h18,20-23H,3-17H2,1-2H3/t18-,20-,21-,22-,23+,25-,26-/m0/s1. The summed E-state index contributed by atoms with van der Waals surface area (Å²) in [5, 5.41) is 0. The maximum absolute atomic E-state index is 12.7. The maximum atomic E-state index is 12.7. The van der Waals surface area contributed by atoms with Gasteiger partial charge in [-0.05, 0) is 74.0 Å². The van der Waals surface area contributed by atoms with Crippen LogP contribution in [-0.2, 0) is 19.1 Å². The van der Waals surface area contributed by atoms with Crippen LogP contribution in [0.4, 0.5) is 0 Å². The lowest BCUT2D eigenvalue weighted by molar-refractivity contribution is -0.164. The predicted octanol–water partition coefficient (Wildman–Crippen LogP) is 4.23. The van der Waals surface area contributed by atoms with Gasteiger partial charge in [-0.15, -0.1) is 0 Å². The average molecular weight is 432 g/mol. The number of carbonyl (C=O) groups excluding carboxylic acids is 2. The van der Waals surface area contributed by atoms with Crippen molar-refractivity contribution in [3.05, 3.63) is 0 Å². The summed E-state index contributed by atoms with van der Waals surface area (Å²) in [4.78, 5) is 27.1. The van der Waals surface area contributed by atoms with E-state index in [1.165, 1.54) is 32.1 Å². The summed E-state index contributed by atoms with van der Waals surface area (Å²) >= 11 is 0. The summed E-state index contributed by atoms with van der Waals surface area (Å²) in [6.07, 6.45) is 10.5. The lowest BCUT2D eigenvalue weighted by Gasteiger charge is -2.60. The molecule has 5 aliphatic rings. The van der Waals surface area contributed by atoms with Gasteiger partial charge in [-0.2, -0.15) is 0 Å². The Bertz CT molecular complexity index is 704. The number of ether oxygens (including phenoxy) is 2. The van der Waals surface area contributed by atoms with E-state index in [1.54, 1.807) is 0 Å². The SMILES string of the molecule is C[C@]12CCC(=O)C[C@@H]1CC[C@@H]1[C@@H]2CC[C@]2(C)[C@H](OC(=O)CCN3CCOCC3)CC[C@@H]12. The van der Waals surface area contributed by atoms with E-state index in [4.69, 9.17) is 9.47 Å². The number of esters is 1. The third-order valence-electron chi connectivity index (χ3n) is 10.4. The summed E-state index contributed by atoms with van der Waals surface area (Å²) in [7, 11) is 0. The van der Waals surface area contributed by atoms with Crippen molar-refractivity contribution in [1.82, 2.24) is 4.90 Å². The molecule has 0 radical (unpaired) electrons. The van der Waals surface area contributed by atoms with Gasteiger partial charge in [0, 0.05) is 37.9 Å². The minimum atomic E-state index is -0.0121. The molecule has 0 aromatic rings. The monoisotopic (exact) mass is 431 g/mol.